The minimum Gasteiger partial charge on any atom is -0.477 e. The van der Waals surface area contributed by atoms with Gasteiger partial charge in [0.25, 0.3) is 0 Å². The van der Waals surface area contributed by atoms with E-state index in [2.05, 4.69) is 10.3 Å². The summed E-state index contributed by atoms with van der Waals surface area (Å²) in [5.41, 5.74) is 1.17. The van der Waals surface area contributed by atoms with Crippen LogP contribution in [0, 0.1) is 0 Å². The molecule has 6 heteroatoms. The van der Waals surface area contributed by atoms with Crippen molar-refractivity contribution in [2.24, 2.45) is 0 Å². The number of hydrogen-bond acceptors (Lipinski definition) is 5. The lowest BCUT2D eigenvalue weighted by atomic mass is 10.3. The van der Waals surface area contributed by atoms with Gasteiger partial charge < -0.3 is 10.4 Å². The highest BCUT2D eigenvalue weighted by Gasteiger charge is 2.07. The molecule has 2 aromatic rings. The Morgan fingerprint density at radius 2 is 2.47 bits per heavy atom. The van der Waals surface area contributed by atoms with Gasteiger partial charge in [-0.1, -0.05) is 11.3 Å². The van der Waals surface area contributed by atoms with Crippen LogP contribution in [-0.4, -0.2) is 16.1 Å². The summed E-state index contributed by atoms with van der Waals surface area (Å²) in [4.78, 5) is 14.8. The molecule has 0 bridgehead atoms. The molecule has 0 saturated heterocycles. The normalized spacial score (nSPS) is 10.1. The van der Waals surface area contributed by atoms with E-state index in [0.29, 0.717) is 11.7 Å². The van der Waals surface area contributed by atoms with Crippen LogP contribution < -0.4 is 5.32 Å². The molecule has 78 valence electrons. The average molecular weight is 240 g/mol. The van der Waals surface area contributed by atoms with Gasteiger partial charge in [0, 0.05) is 6.54 Å². The molecular formula is C9H8N2O2S2. The van der Waals surface area contributed by atoms with E-state index in [1.807, 2.05) is 16.8 Å². The second-order valence-corrected chi connectivity index (χ2v) is 4.63. The van der Waals surface area contributed by atoms with Crippen molar-refractivity contribution in [3.05, 3.63) is 33.5 Å². The Labute approximate surface area is 94.2 Å². The van der Waals surface area contributed by atoms with Gasteiger partial charge in [-0.25, -0.2) is 9.78 Å². The van der Waals surface area contributed by atoms with E-state index in [1.165, 1.54) is 11.8 Å². The Bertz CT molecular complexity index is 450. The fraction of sp³-hybridized carbons (Fsp3) is 0.111. The molecule has 4 nitrogen and oxygen atoms in total. The minimum absolute atomic E-state index is 0.253. The zero-order valence-electron chi connectivity index (χ0n) is 7.64. The van der Waals surface area contributed by atoms with Crippen LogP contribution >= 0.6 is 22.7 Å². The standard InChI is InChI=1S/C9H8N2O2S2/c12-8(13)7-4-11-9(15-7)10-3-6-1-2-14-5-6/h1-2,4-5H,3H2,(H,10,11)(H,12,13). The van der Waals surface area contributed by atoms with E-state index < -0.39 is 5.97 Å². The minimum atomic E-state index is -0.934. The monoisotopic (exact) mass is 240 g/mol. The van der Waals surface area contributed by atoms with Crippen molar-refractivity contribution in [2.45, 2.75) is 6.54 Å². The van der Waals surface area contributed by atoms with E-state index in [-0.39, 0.29) is 4.88 Å². The number of anilines is 1. The van der Waals surface area contributed by atoms with Crippen LogP contribution in [0.5, 0.6) is 0 Å². The van der Waals surface area contributed by atoms with Gasteiger partial charge >= 0.3 is 5.97 Å². The molecule has 2 rings (SSSR count). The second kappa shape index (κ2) is 4.41. The molecule has 0 amide bonds. The van der Waals surface area contributed by atoms with Crippen LogP contribution in [0.15, 0.2) is 23.0 Å². The molecule has 0 aliphatic carbocycles. The van der Waals surface area contributed by atoms with E-state index in [0.717, 1.165) is 11.3 Å². The predicted octanol–water partition coefficient (Wildman–Crippen LogP) is 2.51. The molecule has 2 N–H and O–H groups in total. The van der Waals surface area contributed by atoms with Crippen LogP contribution in [0.4, 0.5) is 5.13 Å². The van der Waals surface area contributed by atoms with Crippen molar-refractivity contribution in [3.63, 3.8) is 0 Å². The molecule has 0 fully saturated rings. The summed E-state index contributed by atoms with van der Waals surface area (Å²) < 4.78 is 0. The van der Waals surface area contributed by atoms with Crippen molar-refractivity contribution >= 4 is 33.8 Å². The highest BCUT2D eigenvalue weighted by Crippen LogP contribution is 2.19. The molecule has 0 radical (unpaired) electrons. The number of carboxylic acid groups (broad SMARTS) is 1. The molecule has 0 atom stereocenters. The highest BCUT2D eigenvalue weighted by molar-refractivity contribution is 7.17. The van der Waals surface area contributed by atoms with Crippen molar-refractivity contribution in [1.29, 1.82) is 0 Å². The molecule has 2 aromatic heterocycles. The molecule has 0 aliphatic heterocycles. The summed E-state index contributed by atoms with van der Waals surface area (Å²) in [5.74, 6) is -0.934. The number of thiophene rings is 1. The van der Waals surface area contributed by atoms with Crippen LogP contribution in [0.25, 0.3) is 0 Å². The van der Waals surface area contributed by atoms with Gasteiger partial charge in [0.05, 0.1) is 6.20 Å². The topological polar surface area (TPSA) is 62.2 Å². The zero-order chi connectivity index (χ0) is 10.7. The van der Waals surface area contributed by atoms with E-state index in [4.69, 9.17) is 5.11 Å². The van der Waals surface area contributed by atoms with E-state index in [9.17, 15) is 4.79 Å². The Morgan fingerprint density at radius 3 is 3.07 bits per heavy atom. The zero-order valence-corrected chi connectivity index (χ0v) is 9.27. The number of thiazole rings is 1. The van der Waals surface area contributed by atoms with Crippen LogP contribution in [-0.2, 0) is 6.54 Å². The third-order valence-corrected chi connectivity index (χ3v) is 3.42. The number of aromatic nitrogens is 1. The van der Waals surface area contributed by atoms with Crippen LogP contribution in [0.1, 0.15) is 15.2 Å². The van der Waals surface area contributed by atoms with Crippen molar-refractivity contribution < 1.29 is 9.90 Å². The van der Waals surface area contributed by atoms with Crippen LogP contribution in [0.3, 0.4) is 0 Å². The van der Waals surface area contributed by atoms with Gasteiger partial charge in [0.1, 0.15) is 4.88 Å². The summed E-state index contributed by atoms with van der Waals surface area (Å²) in [7, 11) is 0. The maximum Gasteiger partial charge on any atom is 0.347 e. The van der Waals surface area contributed by atoms with Gasteiger partial charge in [0.2, 0.25) is 0 Å². The Morgan fingerprint density at radius 1 is 1.60 bits per heavy atom. The summed E-state index contributed by atoms with van der Waals surface area (Å²) in [6.07, 6.45) is 1.36. The molecule has 0 saturated carbocycles. The fourth-order valence-electron chi connectivity index (χ4n) is 1.03. The van der Waals surface area contributed by atoms with Crippen molar-refractivity contribution in [3.8, 4) is 0 Å². The first-order chi connectivity index (χ1) is 7.25. The molecule has 2 heterocycles. The van der Waals surface area contributed by atoms with Gasteiger partial charge in [-0.3, -0.25) is 0 Å². The average Bonchev–Trinajstić information content (AvgIpc) is 2.86. The van der Waals surface area contributed by atoms with Crippen LogP contribution in [0.2, 0.25) is 0 Å². The van der Waals surface area contributed by atoms with Gasteiger partial charge in [-0.15, -0.1) is 0 Å². The summed E-state index contributed by atoms with van der Waals surface area (Å²) in [5, 5.41) is 16.4. The molecule has 0 unspecified atom stereocenters. The number of nitrogens with one attached hydrogen (secondary N) is 1. The Kier molecular flexibility index (Phi) is 2.98. The third-order valence-electron chi connectivity index (χ3n) is 1.74. The van der Waals surface area contributed by atoms with E-state index in [1.54, 1.807) is 11.3 Å². The SMILES string of the molecule is O=C(O)c1cnc(NCc2ccsc2)s1. The molecule has 0 spiro atoms. The molecule has 0 aromatic carbocycles. The largest absolute Gasteiger partial charge is 0.477 e. The predicted molar refractivity (Wildman–Crippen MR) is 60.7 cm³/mol. The quantitative estimate of drug-likeness (QED) is 0.862. The lowest BCUT2D eigenvalue weighted by Gasteiger charge is -1.98. The molecule has 0 aliphatic rings. The summed E-state index contributed by atoms with van der Waals surface area (Å²) >= 11 is 2.78. The Balaban J connectivity index is 1.96. The number of hydrogen-bond donors (Lipinski definition) is 2. The summed E-state index contributed by atoms with van der Waals surface area (Å²) in [6.45, 7) is 0.677. The smallest absolute Gasteiger partial charge is 0.347 e. The third kappa shape index (κ3) is 2.54. The number of aromatic carboxylic acids is 1. The van der Waals surface area contributed by atoms with Crippen molar-refractivity contribution in [1.82, 2.24) is 4.98 Å². The maximum atomic E-state index is 10.6. The first kappa shape index (κ1) is 10.1. The van der Waals surface area contributed by atoms with Gasteiger partial charge in [0.15, 0.2) is 5.13 Å². The first-order valence-electron chi connectivity index (χ1n) is 4.20. The second-order valence-electron chi connectivity index (χ2n) is 2.82. The van der Waals surface area contributed by atoms with E-state index >= 15 is 0 Å². The fourth-order valence-corrected chi connectivity index (χ4v) is 2.35. The summed E-state index contributed by atoms with van der Waals surface area (Å²) in [6, 6.07) is 2.02. The number of carbonyl (C=O) groups is 1. The van der Waals surface area contributed by atoms with Gasteiger partial charge in [-0.05, 0) is 22.4 Å². The number of rotatable bonds is 4. The first-order valence-corrected chi connectivity index (χ1v) is 5.95. The van der Waals surface area contributed by atoms with Crippen molar-refractivity contribution in [2.75, 3.05) is 5.32 Å². The number of carboxylic acids is 1. The Hall–Kier alpha value is -1.40. The lowest BCUT2D eigenvalue weighted by Crippen LogP contribution is -1.96. The molecule has 15 heavy (non-hydrogen) atoms. The lowest BCUT2D eigenvalue weighted by molar-refractivity contribution is 0.0702. The molecular weight excluding hydrogens is 232 g/mol. The maximum absolute atomic E-state index is 10.6. The van der Waals surface area contributed by atoms with Gasteiger partial charge in [-0.2, -0.15) is 11.3 Å². The highest BCUT2D eigenvalue weighted by atomic mass is 32.1. The number of nitrogens with zero attached hydrogens (tertiary/aromatic N) is 1.